The van der Waals surface area contributed by atoms with Crippen LogP contribution in [0.15, 0.2) is 48.5 Å². The molecular weight excluding hydrogens is 334 g/mol. The molecule has 4 rings (SSSR count). The highest BCUT2D eigenvalue weighted by atomic mass is 16.5. The Morgan fingerprint density at radius 3 is 2.26 bits per heavy atom. The lowest BCUT2D eigenvalue weighted by molar-refractivity contribution is 0.0146. The first-order chi connectivity index (χ1) is 13.2. The van der Waals surface area contributed by atoms with E-state index in [-0.39, 0.29) is 0 Å². The van der Waals surface area contributed by atoms with Crippen molar-refractivity contribution in [2.45, 2.75) is 32.4 Å². The number of nitrogens with one attached hydrogen (secondary N) is 1. The Balaban J connectivity index is 1.23. The largest absolute Gasteiger partial charge is 0.488 e. The number of nitrogens with zero attached hydrogens (tertiary/aromatic N) is 2. The first-order valence-corrected chi connectivity index (χ1v) is 10.2. The minimum absolute atomic E-state index is 0.310. The second-order valence-electron chi connectivity index (χ2n) is 8.06. The van der Waals surface area contributed by atoms with E-state index in [1.807, 2.05) is 0 Å². The Morgan fingerprint density at radius 1 is 0.963 bits per heavy atom. The van der Waals surface area contributed by atoms with Gasteiger partial charge in [-0.3, -0.25) is 4.90 Å². The van der Waals surface area contributed by atoms with Crippen LogP contribution in [0.5, 0.6) is 5.75 Å². The van der Waals surface area contributed by atoms with Crippen molar-refractivity contribution in [3.8, 4) is 5.75 Å². The van der Waals surface area contributed by atoms with Crippen molar-refractivity contribution in [1.82, 2.24) is 10.2 Å². The summed E-state index contributed by atoms with van der Waals surface area (Å²) < 4.78 is 6.14. The Morgan fingerprint density at radius 2 is 1.63 bits per heavy atom. The van der Waals surface area contributed by atoms with E-state index in [9.17, 15) is 0 Å². The molecule has 2 aromatic carbocycles. The van der Waals surface area contributed by atoms with Crippen molar-refractivity contribution in [1.29, 1.82) is 0 Å². The first-order valence-electron chi connectivity index (χ1n) is 10.2. The SMILES string of the molecule is CC(C)c1ccc(CN2CC(Oc3ccc(N4CCNCC4)cc3)C2)cc1. The third kappa shape index (κ3) is 4.63. The molecule has 2 aliphatic heterocycles. The lowest BCUT2D eigenvalue weighted by Gasteiger charge is -2.39. The van der Waals surface area contributed by atoms with E-state index in [0.29, 0.717) is 12.0 Å². The maximum atomic E-state index is 6.14. The fraction of sp³-hybridized carbons (Fsp3) is 0.478. The summed E-state index contributed by atoms with van der Waals surface area (Å²) in [5.74, 6) is 1.58. The normalized spacial score (nSPS) is 18.6. The van der Waals surface area contributed by atoms with Gasteiger partial charge in [0, 0.05) is 51.5 Å². The molecule has 144 valence electrons. The highest BCUT2D eigenvalue weighted by molar-refractivity contribution is 5.49. The maximum absolute atomic E-state index is 6.14. The predicted octanol–water partition coefficient (Wildman–Crippen LogP) is 3.48. The number of piperazine rings is 1. The molecule has 0 aliphatic carbocycles. The standard InChI is InChI=1S/C23H31N3O/c1-18(2)20-5-3-19(4-6-20)15-25-16-23(17-25)27-22-9-7-21(8-10-22)26-13-11-24-12-14-26/h3-10,18,23-24H,11-17H2,1-2H3. The third-order valence-corrected chi connectivity index (χ3v) is 5.60. The van der Waals surface area contributed by atoms with Crippen molar-refractivity contribution in [3.05, 3.63) is 59.7 Å². The number of hydrogen-bond acceptors (Lipinski definition) is 4. The summed E-state index contributed by atoms with van der Waals surface area (Å²) in [5, 5.41) is 3.40. The van der Waals surface area contributed by atoms with Gasteiger partial charge in [-0.25, -0.2) is 0 Å². The van der Waals surface area contributed by atoms with E-state index in [1.165, 1.54) is 16.8 Å². The lowest BCUT2D eigenvalue weighted by atomic mass is 10.0. The molecule has 0 spiro atoms. The lowest BCUT2D eigenvalue weighted by Crippen LogP contribution is -2.53. The van der Waals surface area contributed by atoms with Gasteiger partial charge in [0.05, 0.1) is 0 Å². The van der Waals surface area contributed by atoms with Gasteiger partial charge < -0.3 is 15.0 Å². The summed E-state index contributed by atoms with van der Waals surface area (Å²) >= 11 is 0. The molecule has 0 bridgehead atoms. The quantitative estimate of drug-likeness (QED) is 0.848. The van der Waals surface area contributed by atoms with E-state index >= 15 is 0 Å². The molecule has 2 saturated heterocycles. The molecule has 0 radical (unpaired) electrons. The average molecular weight is 366 g/mol. The number of ether oxygens (including phenoxy) is 1. The van der Waals surface area contributed by atoms with E-state index in [2.05, 4.69) is 77.5 Å². The fourth-order valence-electron chi connectivity index (χ4n) is 3.84. The van der Waals surface area contributed by atoms with Crippen LogP contribution >= 0.6 is 0 Å². The molecule has 0 amide bonds. The number of hydrogen-bond donors (Lipinski definition) is 1. The van der Waals surface area contributed by atoms with Crippen LogP contribution in [-0.4, -0.2) is 50.3 Å². The van der Waals surface area contributed by atoms with E-state index in [4.69, 9.17) is 4.74 Å². The predicted molar refractivity (Wildman–Crippen MR) is 112 cm³/mol. The molecular formula is C23H31N3O. The molecule has 4 heteroatoms. The summed E-state index contributed by atoms with van der Waals surface area (Å²) in [6.07, 6.45) is 0.310. The fourth-order valence-corrected chi connectivity index (χ4v) is 3.84. The number of benzene rings is 2. The van der Waals surface area contributed by atoms with Crippen LogP contribution in [0.3, 0.4) is 0 Å². The van der Waals surface area contributed by atoms with E-state index < -0.39 is 0 Å². The summed E-state index contributed by atoms with van der Waals surface area (Å²) in [7, 11) is 0. The minimum Gasteiger partial charge on any atom is -0.488 e. The first kappa shape index (κ1) is 18.3. The van der Waals surface area contributed by atoms with Crippen molar-refractivity contribution in [3.63, 3.8) is 0 Å². The summed E-state index contributed by atoms with van der Waals surface area (Å²) in [4.78, 5) is 4.88. The van der Waals surface area contributed by atoms with Gasteiger partial charge in [0.25, 0.3) is 0 Å². The molecule has 4 nitrogen and oxygen atoms in total. The van der Waals surface area contributed by atoms with Crippen molar-refractivity contribution < 1.29 is 4.74 Å². The van der Waals surface area contributed by atoms with E-state index in [0.717, 1.165) is 51.6 Å². The maximum Gasteiger partial charge on any atom is 0.124 e. The molecule has 0 unspecified atom stereocenters. The molecule has 1 N–H and O–H groups in total. The highest BCUT2D eigenvalue weighted by Gasteiger charge is 2.28. The van der Waals surface area contributed by atoms with Crippen molar-refractivity contribution in [2.24, 2.45) is 0 Å². The summed E-state index contributed by atoms with van der Waals surface area (Å²) in [6, 6.07) is 17.6. The number of likely N-dealkylation sites (tertiary alicyclic amines) is 1. The molecule has 2 aliphatic rings. The summed E-state index contributed by atoms with van der Waals surface area (Å²) in [5.41, 5.74) is 4.09. The van der Waals surface area contributed by atoms with Gasteiger partial charge >= 0.3 is 0 Å². The zero-order chi connectivity index (χ0) is 18.6. The average Bonchev–Trinajstić information content (AvgIpc) is 2.68. The van der Waals surface area contributed by atoms with Crippen LogP contribution in [0.25, 0.3) is 0 Å². The smallest absolute Gasteiger partial charge is 0.124 e. The Bertz CT molecular complexity index is 714. The van der Waals surface area contributed by atoms with Gasteiger partial charge in [-0.2, -0.15) is 0 Å². The molecule has 2 fully saturated rings. The second-order valence-corrected chi connectivity index (χ2v) is 8.06. The van der Waals surface area contributed by atoms with E-state index in [1.54, 1.807) is 0 Å². The minimum atomic E-state index is 0.310. The monoisotopic (exact) mass is 365 g/mol. The van der Waals surface area contributed by atoms with Gasteiger partial charge in [0.15, 0.2) is 0 Å². The summed E-state index contributed by atoms with van der Waals surface area (Å²) in [6.45, 7) is 11.8. The van der Waals surface area contributed by atoms with Crippen LogP contribution in [-0.2, 0) is 6.54 Å². The van der Waals surface area contributed by atoms with Crippen LogP contribution < -0.4 is 15.0 Å². The zero-order valence-electron chi connectivity index (χ0n) is 16.5. The molecule has 27 heavy (non-hydrogen) atoms. The van der Waals surface area contributed by atoms with Crippen LogP contribution in [0.2, 0.25) is 0 Å². The van der Waals surface area contributed by atoms with Gasteiger partial charge in [0.1, 0.15) is 11.9 Å². The van der Waals surface area contributed by atoms with Gasteiger partial charge in [0.2, 0.25) is 0 Å². The topological polar surface area (TPSA) is 27.7 Å². The third-order valence-electron chi connectivity index (χ3n) is 5.60. The Kier molecular flexibility index (Phi) is 5.65. The zero-order valence-corrected chi connectivity index (χ0v) is 16.5. The molecule has 2 heterocycles. The number of rotatable bonds is 6. The number of anilines is 1. The van der Waals surface area contributed by atoms with Gasteiger partial charge in [-0.05, 0) is 41.3 Å². The molecule has 0 atom stereocenters. The molecule has 2 aromatic rings. The Labute approximate surface area is 163 Å². The van der Waals surface area contributed by atoms with Crippen molar-refractivity contribution >= 4 is 5.69 Å². The van der Waals surface area contributed by atoms with Gasteiger partial charge in [-0.15, -0.1) is 0 Å². The Hall–Kier alpha value is -2.04. The molecule has 0 saturated carbocycles. The van der Waals surface area contributed by atoms with Crippen LogP contribution in [0.4, 0.5) is 5.69 Å². The van der Waals surface area contributed by atoms with Crippen molar-refractivity contribution in [2.75, 3.05) is 44.2 Å². The van der Waals surface area contributed by atoms with Crippen LogP contribution in [0, 0.1) is 0 Å². The van der Waals surface area contributed by atoms with Gasteiger partial charge in [-0.1, -0.05) is 38.1 Å². The molecule has 0 aromatic heterocycles. The second kappa shape index (κ2) is 8.32. The highest BCUT2D eigenvalue weighted by Crippen LogP contribution is 2.24. The van der Waals surface area contributed by atoms with Crippen LogP contribution in [0.1, 0.15) is 30.9 Å².